The molecule has 0 spiro atoms. The Balaban J connectivity index is 1.58. The van der Waals surface area contributed by atoms with E-state index in [1.54, 1.807) is 0 Å². The monoisotopic (exact) mass is 337 g/mol. The topological polar surface area (TPSA) is 35.6 Å². The van der Waals surface area contributed by atoms with Crippen molar-refractivity contribution in [2.24, 2.45) is 0 Å². The van der Waals surface area contributed by atoms with E-state index in [9.17, 15) is 4.79 Å². The van der Waals surface area contributed by atoms with Crippen LogP contribution in [0.4, 0.5) is 11.4 Å². The van der Waals surface area contributed by atoms with Crippen LogP contribution in [0.25, 0.3) is 0 Å². The van der Waals surface area contributed by atoms with E-state index < -0.39 is 0 Å². The third-order valence-electron chi connectivity index (χ3n) is 5.20. The largest absolute Gasteiger partial charge is 0.369 e. The third-order valence-corrected chi connectivity index (χ3v) is 5.20. The number of nitrogens with one attached hydrogen (secondary N) is 1. The fraction of sp³-hybridized carbons (Fsp3) is 0.381. The molecule has 3 rings (SSSR count). The van der Waals surface area contributed by atoms with Gasteiger partial charge in [-0.05, 0) is 50.1 Å². The van der Waals surface area contributed by atoms with Gasteiger partial charge in [-0.3, -0.25) is 9.69 Å². The minimum Gasteiger partial charge on any atom is -0.369 e. The Labute approximate surface area is 150 Å². The third kappa shape index (κ3) is 4.02. The number of hydrogen-bond donors (Lipinski definition) is 1. The fourth-order valence-corrected chi connectivity index (χ4v) is 3.36. The SMILES string of the molecule is Cc1cccc(N2CCN([C@@H](C)C(=O)Nc3ccccc3)CC2)c1C. The highest BCUT2D eigenvalue weighted by atomic mass is 16.2. The number of para-hydroxylation sites is 1. The van der Waals surface area contributed by atoms with Gasteiger partial charge in [0, 0.05) is 37.6 Å². The Morgan fingerprint density at radius 1 is 0.960 bits per heavy atom. The average molecular weight is 337 g/mol. The van der Waals surface area contributed by atoms with Gasteiger partial charge in [-0.15, -0.1) is 0 Å². The molecule has 4 heteroatoms. The molecule has 2 aromatic rings. The molecule has 1 fully saturated rings. The van der Waals surface area contributed by atoms with Crippen LogP contribution in [-0.2, 0) is 4.79 Å². The van der Waals surface area contributed by atoms with Gasteiger partial charge in [-0.25, -0.2) is 0 Å². The van der Waals surface area contributed by atoms with Crippen molar-refractivity contribution in [2.45, 2.75) is 26.8 Å². The van der Waals surface area contributed by atoms with Gasteiger partial charge >= 0.3 is 0 Å². The maximum atomic E-state index is 12.5. The number of hydrogen-bond acceptors (Lipinski definition) is 3. The predicted molar refractivity (Wildman–Crippen MR) is 104 cm³/mol. The molecule has 0 saturated carbocycles. The van der Waals surface area contributed by atoms with E-state index in [1.807, 2.05) is 37.3 Å². The zero-order valence-corrected chi connectivity index (χ0v) is 15.3. The first-order valence-electron chi connectivity index (χ1n) is 8.97. The van der Waals surface area contributed by atoms with Gasteiger partial charge < -0.3 is 10.2 Å². The molecule has 1 saturated heterocycles. The first-order chi connectivity index (χ1) is 12.1. The zero-order valence-electron chi connectivity index (χ0n) is 15.3. The van der Waals surface area contributed by atoms with Crippen LogP contribution in [0.2, 0.25) is 0 Å². The van der Waals surface area contributed by atoms with Gasteiger partial charge in [0.15, 0.2) is 0 Å². The Kier molecular flexibility index (Phi) is 5.39. The Hall–Kier alpha value is -2.33. The van der Waals surface area contributed by atoms with Crippen LogP contribution in [0.15, 0.2) is 48.5 Å². The van der Waals surface area contributed by atoms with Crippen LogP contribution in [0.3, 0.4) is 0 Å². The molecule has 4 nitrogen and oxygen atoms in total. The molecule has 132 valence electrons. The standard InChI is InChI=1S/C21H27N3O/c1-16-8-7-11-20(17(16)2)24-14-12-23(13-15-24)18(3)21(25)22-19-9-5-4-6-10-19/h4-11,18H,12-15H2,1-3H3,(H,22,25)/t18-/m0/s1. The number of piperazine rings is 1. The second-order valence-electron chi connectivity index (χ2n) is 6.77. The summed E-state index contributed by atoms with van der Waals surface area (Å²) in [6.07, 6.45) is 0. The molecule has 1 aliphatic heterocycles. The summed E-state index contributed by atoms with van der Waals surface area (Å²) in [6.45, 7) is 10.0. The van der Waals surface area contributed by atoms with Crippen molar-refractivity contribution in [3.63, 3.8) is 0 Å². The predicted octanol–water partition coefficient (Wildman–Crippen LogP) is 3.45. The second-order valence-corrected chi connectivity index (χ2v) is 6.77. The number of aryl methyl sites for hydroxylation is 1. The second kappa shape index (κ2) is 7.70. The number of benzene rings is 2. The molecule has 1 heterocycles. The van der Waals surface area contributed by atoms with E-state index in [4.69, 9.17) is 0 Å². The summed E-state index contributed by atoms with van der Waals surface area (Å²) in [5.74, 6) is 0.0615. The quantitative estimate of drug-likeness (QED) is 0.928. The van der Waals surface area contributed by atoms with Crippen molar-refractivity contribution >= 4 is 17.3 Å². The van der Waals surface area contributed by atoms with E-state index >= 15 is 0 Å². The van der Waals surface area contributed by atoms with Crippen molar-refractivity contribution in [1.82, 2.24) is 4.90 Å². The van der Waals surface area contributed by atoms with Crippen molar-refractivity contribution in [3.8, 4) is 0 Å². The molecule has 0 bridgehead atoms. The fourth-order valence-electron chi connectivity index (χ4n) is 3.36. The normalized spacial score (nSPS) is 16.5. The molecule has 1 aliphatic rings. The number of carbonyl (C=O) groups is 1. The highest BCUT2D eigenvalue weighted by molar-refractivity contribution is 5.94. The molecule has 0 aliphatic carbocycles. The molecule has 1 N–H and O–H groups in total. The summed E-state index contributed by atoms with van der Waals surface area (Å²) in [5.41, 5.74) is 4.86. The van der Waals surface area contributed by atoms with Crippen LogP contribution in [-0.4, -0.2) is 43.0 Å². The lowest BCUT2D eigenvalue weighted by atomic mass is 10.1. The highest BCUT2D eigenvalue weighted by Crippen LogP contribution is 2.24. The van der Waals surface area contributed by atoms with Gasteiger partial charge in [0.2, 0.25) is 5.91 Å². The Morgan fingerprint density at radius 2 is 1.64 bits per heavy atom. The molecule has 1 amide bonds. The summed E-state index contributed by atoms with van der Waals surface area (Å²) >= 11 is 0. The average Bonchev–Trinajstić information content (AvgIpc) is 2.64. The van der Waals surface area contributed by atoms with Gasteiger partial charge in [-0.1, -0.05) is 30.3 Å². The molecule has 0 aromatic heterocycles. The van der Waals surface area contributed by atoms with Gasteiger partial charge in [0.25, 0.3) is 0 Å². The number of nitrogens with zero attached hydrogens (tertiary/aromatic N) is 2. The van der Waals surface area contributed by atoms with Crippen LogP contribution in [0.5, 0.6) is 0 Å². The van der Waals surface area contributed by atoms with Crippen molar-refractivity contribution in [2.75, 3.05) is 36.4 Å². The van der Waals surface area contributed by atoms with Crippen LogP contribution >= 0.6 is 0 Å². The summed E-state index contributed by atoms with van der Waals surface area (Å²) in [6, 6.07) is 16.0. The molecule has 0 unspecified atom stereocenters. The van der Waals surface area contributed by atoms with Crippen LogP contribution < -0.4 is 10.2 Å². The molecule has 1 atom stereocenters. The number of amides is 1. The van der Waals surface area contributed by atoms with Gasteiger partial charge in [0.05, 0.1) is 6.04 Å². The van der Waals surface area contributed by atoms with Crippen molar-refractivity contribution in [1.29, 1.82) is 0 Å². The highest BCUT2D eigenvalue weighted by Gasteiger charge is 2.26. The van der Waals surface area contributed by atoms with Gasteiger partial charge in [-0.2, -0.15) is 0 Å². The van der Waals surface area contributed by atoms with E-state index in [1.165, 1.54) is 16.8 Å². The van der Waals surface area contributed by atoms with Crippen molar-refractivity contribution in [3.05, 3.63) is 59.7 Å². The minimum absolute atomic E-state index is 0.0615. The van der Waals surface area contributed by atoms with Crippen molar-refractivity contribution < 1.29 is 4.79 Å². The summed E-state index contributed by atoms with van der Waals surface area (Å²) in [7, 11) is 0. The molecule has 0 radical (unpaired) electrons. The van der Waals surface area contributed by atoms with Gasteiger partial charge in [0.1, 0.15) is 0 Å². The number of carbonyl (C=O) groups excluding carboxylic acids is 1. The summed E-state index contributed by atoms with van der Waals surface area (Å²) in [5, 5.41) is 3.00. The molecule has 25 heavy (non-hydrogen) atoms. The van der Waals surface area contributed by atoms with Crippen LogP contribution in [0.1, 0.15) is 18.1 Å². The molecule has 2 aromatic carbocycles. The lowest BCUT2D eigenvalue weighted by Crippen LogP contribution is -2.53. The lowest BCUT2D eigenvalue weighted by molar-refractivity contribution is -0.120. The minimum atomic E-state index is -0.124. The first-order valence-corrected chi connectivity index (χ1v) is 8.97. The molecular weight excluding hydrogens is 310 g/mol. The van der Waals surface area contributed by atoms with Crippen LogP contribution in [0, 0.1) is 13.8 Å². The Morgan fingerprint density at radius 3 is 2.32 bits per heavy atom. The summed E-state index contributed by atoms with van der Waals surface area (Å²) < 4.78 is 0. The smallest absolute Gasteiger partial charge is 0.241 e. The number of anilines is 2. The zero-order chi connectivity index (χ0) is 17.8. The number of rotatable bonds is 4. The maximum Gasteiger partial charge on any atom is 0.241 e. The van der Waals surface area contributed by atoms with E-state index in [0.717, 1.165) is 31.9 Å². The van der Waals surface area contributed by atoms with E-state index in [0.29, 0.717) is 0 Å². The lowest BCUT2D eigenvalue weighted by Gasteiger charge is -2.39. The first kappa shape index (κ1) is 17.5. The van der Waals surface area contributed by atoms with E-state index in [2.05, 4.69) is 47.2 Å². The Bertz CT molecular complexity index is 721. The summed E-state index contributed by atoms with van der Waals surface area (Å²) in [4.78, 5) is 17.2. The van der Waals surface area contributed by atoms with E-state index in [-0.39, 0.29) is 11.9 Å². The molecular formula is C21H27N3O. The maximum absolute atomic E-state index is 12.5.